The monoisotopic (exact) mass is 154 g/mol. The molecule has 0 heterocycles. The van der Waals surface area contributed by atoms with Crippen LogP contribution in [0.5, 0.6) is 0 Å². The van der Waals surface area contributed by atoms with E-state index < -0.39 is 11.7 Å². The summed E-state index contributed by atoms with van der Waals surface area (Å²) in [5.74, 6) is -1.26. The molecule has 0 aromatic heterocycles. The van der Waals surface area contributed by atoms with Gasteiger partial charge in [0.25, 0.3) is 0 Å². The highest BCUT2D eigenvalue weighted by Crippen LogP contribution is 1.95. The third-order valence-corrected chi connectivity index (χ3v) is 1.04. The number of carboxylic acids is 1. The first-order valence-corrected chi connectivity index (χ1v) is 3.01. The molecule has 0 unspecified atom stereocenters. The number of nitrogens with one attached hydrogen (secondary N) is 2. The summed E-state index contributed by atoms with van der Waals surface area (Å²) < 4.78 is 0. The predicted octanol–water partition coefficient (Wildman–Crippen LogP) is 1.08. The number of rotatable bonds is 3. The van der Waals surface area contributed by atoms with E-state index in [-0.39, 0.29) is 5.71 Å². The van der Waals surface area contributed by atoms with E-state index in [4.69, 9.17) is 15.9 Å². The van der Waals surface area contributed by atoms with Crippen LogP contribution in [0.25, 0.3) is 0 Å². The smallest absolute Gasteiger partial charge is 0.354 e. The Bertz CT molecular complexity index is 241. The van der Waals surface area contributed by atoms with Crippen molar-refractivity contribution < 1.29 is 9.90 Å². The second-order valence-electron chi connectivity index (χ2n) is 2.19. The van der Waals surface area contributed by atoms with Crippen molar-refractivity contribution in [3.8, 4) is 0 Å². The first-order valence-electron chi connectivity index (χ1n) is 3.01. The average molecular weight is 154 g/mol. The van der Waals surface area contributed by atoms with E-state index in [1.165, 1.54) is 19.9 Å². The Morgan fingerprint density at radius 3 is 2.09 bits per heavy atom. The van der Waals surface area contributed by atoms with Gasteiger partial charge in [-0.2, -0.15) is 0 Å². The van der Waals surface area contributed by atoms with Crippen LogP contribution in [-0.2, 0) is 4.79 Å². The molecule has 0 amide bonds. The molecule has 4 heteroatoms. The largest absolute Gasteiger partial charge is 0.477 e. The van der Waals surface area contributed by atoms with Crippen LogP contribution in [0.1, 0.15) is 13.8 Å². The summed E-state index contributed by atoms with van der Waals surface area (Å²) in [5.41, 5.74) is 0.0788. The molecule has 3 N–H and O–H groups in total. The third kappa shape index (κ3) is 3.30. The van der Waals surface area contributed by atoms with Crippen molar-refractivity contribution in [2.45, 2.75) is 13.8 Å². The number of aliphatic carboxylic acids is 1. The first-order chi connectivity index (χ1) is 4.95. The molecule has 0 spiro atoms. The van der Waals surface area contributed by atoms with E-state index in [0.29, 0.717) is 5.57 Å². The fraction of sp³-hybridized carbons (Fsp3) is 0.286. The van der Waals surface area contributed by atoms with E-state index in [2.05, 4.69) is 0 Å². The van der Waals surface area contributed by atoms with Gasteiger partial charge in [-0.05, 0) is 25.5 Å². The summed E-state index contributed by atoms with van der Waals surface area (Å²) in [4.78, 5) is 10.2. The van der Waals surface area contributed by atoms with Crippen molar-refractivity contribution in [2.24, 2.45) is 0 Å². The quantitative estimate of drug-likeness (QED) is 0.531. The molecule has 0 fully saturated rings. The maximum absolute atomic E-state index is 10.2. The molecule has 11 heavy (non-hydrogen) atoms. The number of allylic oxidation sites excluding steroid dienone is 1. The molecule has 0 aliphatic rings. The van der Waals surface area contributed by atoms with Gasteiger partial charge >= 0.3 is 5.97 Å². The van der Waals surface area contributed by atoms with Gasteiger partial charge in [0.05, 0.1) is 0 Å². The van der Waals surface area contributed by atoms with Crippen LogP contribution in [0.4, 0.5) is 0 Å². The fourth-order valence-electron chi connectivity index (χ4n) is 0.566. The highest BCUT2D eigenvalue weighted by molar-refractivity contribution is 6.41. The standard InChI is InChI=1S/C7H10N2O2/c1-4(3-5(2)8)6(9)7(10)11/h3,8-9H,1-2H3,(H,10,11). The van der Waals surface area contributed by atoms with Gasteiger partial charge < -0.3 is 10.5 Å². The SMILES string of the molecule is CC(=N)C=C(C)C(=N)C(=O)O. The summed E-state index contributed by atoms with van der Waals surface area (Å²) in [7, 11) is 0. The summed E-state index contributed by atoms with van der Waals surface area (Å²) in [6, 6.07) is 0. The topological polar surface area (TPSA) is 85.0 Å². The van der Waals surface area contributed by atoms with Crippen molar-refractivity contribution >= 4 is 17.4 Å². The molecule has 0 aliphatic heterocycles. The summed E-state index contributed by atoms with van der Waals surface area (Å²) in [6.45, 7) is 3.02. The molecule has 0 saturated carbocycles. The Kier molecular flexibility index (Phi) is 3.17. The number of carbonyl (C=O) groups is 1. The van der Waals surface area contributed by atoms with Gasteiger partial charge in [0, 0.05) is 5.71 Å². The van der Waals surface area contributed by atoms with E-state index in [9.17, 15) is 4.79 Å². The lowest BCUT2D eigenvalue weighted by Gasteiger charge is -1.96. The van der Waals surface area contributed by atoms with Crippen molar-refractivity contribution in [1.82, 2.24) is 0 Å². The van der Waals surface area contributed by atoms with Crippen LogP contribution in [0, 0.1) is 10.8 Å². The third-order valence-electron chi connectivity index (χ3n) is 1.04. The van der Waals surface area contributed by atoms with Crippen LogP contribution >= 0.6 is 0 Å². The maximum atomic E-state index is 10.2. The Morgan fingerprint density at radius 1 is 1.36 bits per heavy atom. The van der Waals surface area contributed by atoms with Gasteiger partial charge in [-0.1, -0.05) is 0 Å². The molecule has 0 aliphatic carbocycles. The second-order valence-corrected chi connectivity index (χ2v) is 2.19. The zero-order chi connectivity index (χ0) is 9.02. The zero-order valence-corrected chi connectivity index (χ0v) is 6.43. The van der Waals surface area contributed by atoms with Crippen molar-refractivity contribution in [3.63, 3.8) is 0 Å². The molecule has 0 bridgehead atoms. The molecule has 60 valence electrons. The minimum Gasteiger partial charge on any atom is -0.477 e. The highest BCUT2D eigenvalue weighted by atomic mass is 16.4. The van der Waals surface area contributed by atoms with Crippen LogP contribution < -0.4 is 0 Å². The van der Waals surface area contributed by atoms with Gasteiger partial charge in [-0.25, -0.2) is 4.79 Å². The Labute approximate surface area is 64.6 Å². The Hall–Kier alpha value is -1.45. The van der Waals surface area contributed by atoms with Gasteiger partial charge in [0.2, 0.25) is 0 Å². The van der Waals surface area contributed by atoms with Gasteiger partial charge in [-0.3, -0.25) is 5.41 Å². The summed E-state index contributed by atoms with van der Waals surface area (Å²) in [5, 5.41) is 22.3. The van der Waals surface area contributed by atoms with E-state index in [1.54, 1.807) is 0 Å². The van der Waals surface area contributed by atoms with E-state index in [1.807, 2.05) is 0 Å². The molecule has 4 nitrogen and oxygen atoms in total. The Morgan fingerprint density at radius 2 is 1.82 bits per heavy atom. The van der Waals surface area contributed by atoms with E-state index in [0.717, 1.165) is 0 Å². The van der Waals surface area contributed by atoms with Crippen molar-refractivity contribution in [3.05, 3.63) is 11.6 Å². The number of carboxylic acid groups (broad SMARTS) is 1. The van der Waals surface area contributed by atoms with Crippen LogP contribution in [0.2, 0.25) is 0 Å². The lowest BCUT2D eigenvalue weighted by molar-refractivity contribution is -0.129. The van der Waals surface area contributed by atoms with Crippen molar-refractivity contribution in [2.75, 3.05) is 0 Å². The van der Waals surface area contributed by atoms with E-state index >= 15 is 0 Å². The molecule has 0 saturated heterocycles. The normalized spacial score (nSPS) is 10.9. The first kappa shape index (κ1) is 9.55. The molecular formula is C7H10N2O2. The fourth-order valence-corrected chi connectivity index (χ4v) is 0.566. The number of hydrogen-bond acceptors (Lipinski definition) is 3. The zero-order valence-electron chi connectivity index (χ0n) is 6.43. The van der Waals surface area contributed by atoms with Gasteiger partial charge in [0.1, 0.15) is 5.71 Å². The molecular weight excluding hydrogens is 144 g/mol. The Balaban J connectivity index is 4.49. The average Bonchev–Trinajstić information content (AvgIpc) is 1.84. The molecule has 0 aromatic carbocycles. The van der Waals surface area contributed by atoms with Crippen LogP contribution in [-0.4, -0.2) is 22.5 Å². The minimum absolute atomic E-state index is 0.244. The second kappa shape index (κ2) is 3.65. The van der Waals surface area contributed by atoms with Crippen molar-refractivity contribution in [1.29, 1.82) is 10.8 Å². The highest BCUT2D eigenvalue weighted by Gasteiger charge is 2.07. The lowest BCUT2D eigenvalue weighted by atomic mass is 10.1. The van der Waals surface area contributed by atoms with Crippen LogP contribution in [0.15, 0.2) is 11.6 Å². The van der Waals surface area contributed by atoms with Crippen LogP contribution in [0.3, 0.4) is 0 Å². The van der Waals surface area contributed by atoms with Gasteiger partial charge in [0.15, 0.2) is 0 Å². The molecule has 0 rings (SSSR count). The summed E-state index contributed by atoms with van der Waals surface area (Å²) >= 11 is 0. The lowest BCUT2D eigenvalue weighted by Crippen LogP contribution is -2.13. The maximum Gasteiger partial charge on any atom is 0.354 e. The number of hydrogen-bond donors (Lipinski definition) is 3. The molecule has 0 atom stereocenters. The predicted molar refractivity (Wildman–Crippen MR) is 42.5 cm³/mol. The summed E-state index contributed by atoms with van der Waals surface area (Å²) in [6.07, 6.45) is 1.34. The minimum atomic E-state index is -1.26. The molecule has 0 aromatic rings. The van der Waals surface area contributed by atoms with Gasteiger partial charge in [-0.15, -0.1) is 0 Å². The molecule has 0 radical (unpaired) electrons.